The van der Waals surface area contributed by atoms with E-state index < -0.39 is 0 Å². The Balaban J connectivity index is 1.76. The minimum atomic E-state index is -0.265. The maximum atomic E-state index is 12.1. The van der Waals surface area contributed by atoms with Crippen LogP contribution in [0.15, 0.2) is 48.5 Å². The van der Waals surface area contributed by atoms with Crippen molar-refractivity contribution in [3.8, 4) is 16.9 Å². The molecule has 0 aliphatic rings. The van der Waals surface area contributed by atoms with E-state index in [1.54, 1.807) is 24.3 Å². The summed E-state index contributed by atoms with van der Waals surface area (Å²) in [6.07, 6.45) is 5.72. The first-order chi connectivity index (χ1) is 12.1. The van der Waals surface area contributed by atoms with Crippen molar-refractivity contribution in [1.29, 1.82) is 0 Å². The number of benzene rings is 2. The number of carbonyl (C=O) groups excluding carboxylic acids is 1. The van der Waals surface area contributed by atoms with Crippen molar-refractivity contribution >= 4 is 5.97 Å². The van der Waals surface area contributed by atoms with E-state index in [0.29, 0.717) is 12.2 Å². The van der Waals surface area contributed by atoms with E-state index in [4.69, 9.17) is 4.74 Å². The molecule has 2 aromatic rings. The summed E-state index contributed by atoms with van der Waals surface area (Å²) >= 11 is 0. The Hall–Kier alpha value is -2.29. The van der Waals surface area contributed by atoms with E-state index in [1.165, 1.54) is 19.3 Å². The van der Waals surface area contributed by atoms with Crippen LogP contribution in [0.4, 0.5) is 0 Å². The van der Waals surface area contributed by atoms with Gasteiger partial charge in [-0.15, -0.1) is 0 Å². The fourth-order valence-electron chi connectivity index (χ4n) is 2.68. The van der Waals surface area contributed by atoms with Crippen LogP contribution in [-0.4, -0.2) is 17.7 Å². The highest BCUT2D eigenvalue weighted by Crippen LogP contribution is 2.22. The third-order valence-electron chi connectivity index (χ3n) is 4.59. The van der Waals surface area contributed by atoms with Crippen molar-refractivity contribution < 1.29 is 14.6 Å². The highest BCUT2D eigenvalue weighted by atomic mass is 16.5. The molecule has 0 amide bonds. The van der Waals surface area contributed by atoms with Crippen molar-refractivity contribution in [2.24, 2.45) is 5.92 Å². The number of rotatable bonds is 9. The Morgan fingerprint density at radius 3 is 2.16 bits per heavy atom. The minimum Gasteiger partial charge on any atom is -0.508 e. The van der Waals surface area contributed by atoms with Gasteiger partial charge in [-0.25, -0.2) is 4.79 Å². The fraction of sp³-hybridized carbons (Fsp3) is 0.409. The zero-order valence-electron chi connectivity index (χ0n) is 15.2. The van der Waals surface area contributed by atoms with E-state index in [0.717, 1.165) is 29.9 Å². The smallest absolute Gasteiger partial charge is 0.338 e. The largest absolute Gasteiger partial charge is 0.508 e. The Morgan fingerprint density at radius 2 is 1.56 bits per heavy atom. The minimum absolute atomic E-state index is 0.244. The Morgan fingerprint density at radius 1 is 0.960 bits per heavy atom. The molecule has 0 saturated carbocycles. The average Bonchev–Trinajstić information content (AvgIpc) is 2.65. The maximum absolute atomic E-state index is 12.1. The van der Waals surface area contributed by atoms with Gasteiger partial charge in [-0.2, -0.15) is 0 Å². The second-order valence-electron chi connectivity index (χ2n) is 6.62. The van der Waals surface area contributed by atoms with Crippen LogP contribution in [-0.2, 0) is 4.74 Å². The second kappa shape index (κ2) is 9.87. The third kappa shape index (κ3) is 6.26. The number of hydrogen-bond acceptors (Lipinski definition) is 3. The van der Waals surface area contributed by atoms with Crippen molar-refractivity contribution in [2.45, 2.75) is 46.0 Å². The third-order valence-corrected chi connectivity index (χ3v) is 4.59. The monoisotopic (exact) mass is 340 g/mol. The molecule has 1 atom stereocenters. The first-order valence-corrected chi connectivity index (χ1v) is 9.16. The van der Waals surface area contributed by atoms with Gasteiger partial charge in [0.25, 0.3) is 0 Å². The molecule has 0 aliphatic carbocycles. The van der Waals surface area contributed by atoms with Crippen LogP contribution in [0, 0.1) is 5.92 Å². The van der Waals surface area contributed by atoms with Gasteiger partial charge in [0.1, 0.15) is 5.75 Å². The molecule has 0 bridgehead atoms. The van der Waals surface area contributed by atoms with Crippen molar-refractivity contribution in [2.75, 3.05) is 6.61 Å². The molecule has 134 valence electrons. The first-order valence-electron chi connectivity index (χ1n) is 9.16. The summed E-state index contributed by atoms with van der Waals surface area (Å²) < 4.78 is 5.35. The zero-order chi connectivity index (χ0) is 18.1. The van der Waals surface area contributed by atoms with Crippen LogP contribution in [0.3, 0.4) is 0 Å². The predicted molar refractivity (Wildman–Crippen MR) is 102 cm³/mol. The predicted octanol–water partition coefficient (Wildman–Crippen LogP) is 5.82. The van der Waals surface area contributed by atoms with Gasteiger partial charge in [0.05, 0.1) is 12.2 Å². The molecule has 0 aliphatic heterocycles. The molecule has 2 rings (SSSR count). The molecule has 0 heterocycles. The lowest BCUT2D eigenvalue weighted by molar-refractivity contribution is 0.0497. The summed E-state index contributed by atoms with van der Waals surface area (Å²) in [6.45, 7) is 4.99. The Bertz CT molecular complexity index is 644. The molecule has 0 spiro atoms. The highest BCUT2D eigenvalue weighted by Gasteiger charge is 2.07. The van der Waals surface area contributed by atoms with Crippen molar-refractivity contribution in [3.05, 3.63) is 54.1 Å². The topological polar surface area (TPSA) is 46.5 Å². The zero-order valence-corrected chi connectivity index (χ0v) is 15.2. The van der Waals surface area contributed by atoms with Gasteiger partial charge in [0.2, 0.25) is 0 Å². The Kier molecular flexibility index (Phi) is 7.52. The molecule has 0 saturated heterocycles. The summed E-state index contributed by atoms with van der Waals surface area (Å²) in [4.78, 5) is 12.1. The number of hydrogen-bond donors (Lipinski definition) is 1. The second-order valence-corrected chi connectivity index (χ2v) is 6.62. The van der Waals surface area contributed by atoms with E-state index in [1.807, 2.05) is 24.3 Å². The molecule has 25 heavy (non-hydrogen) atoms. The highest BCUT2D eigenvalue weighted by molar-refractivity contribution is 5.90. The molecule has 0 fully saturated rings. The van der Waals surface area contributed by atoms with E-state index in [9.17, 15) is 9.90 Å². The number of ether oxygens (including phenoxy) is 1. The molecule has 1 unspecified atom stereocenters. The molecular formula is C22H28O3. The summed E-state index contributed by atoms with van der Waals surface area (Å²) in [7, 11) is 0. The van der Waals surface area contributed by atoms with Crippen LogP contribution in [0.5, 0.6) is 5.75 Å². The lowest BCUT2D eigenvalue weighted by Gasteiger charge is -2.08. The standard InChI is InChI=1S/C22H28O3/c1-3-17(2)7-5-4-6-16-25-22(24)20-10-8-18(9-11-20)19-12-14-21(23)15-13-19/h8-15,17,23H,3-7,16H2,1-2H3. The first kappa shape index (κ1) is 19.0. The van der Waals surface area contributed by atoms with Gasteiger partial charge < -0.3 is 9.84 Å². The summed E-state index contributed by atoms with van der Waals surface area (Å²) in [5, 5.41) is 9.34. The molecule has 3 heteroatoms. The number of aromatic hydroxyl groups is 1. The van der Waals surface area contributed by atoms with Gasteiger partial charge in [0, 0.05) is 0 Å². The summed E-state index contributed by atoms with van der Waals surface area (Å²) in [5.74, 6) is 0.766. The molecule has 0 radical (unpaired) electrons. The number of phenolic OH excluding ortho intramolecular Hbond substituents is 1. The summed E-state index contributed by atoms with van der Waals surface area (Å²) in [5.41, 5.74) is 2.57. The maximum Gasteiger partial charge on any atom is 0.338 e. The van der Waals surface area contributed by atoms with Crippen LogP contribution in [0.25, 0.3) is 11.1 Å². The summed E-state index contributed by atoms with van der Waals surface area (Å²) in [6, 6.07) is 14.4. The quantitative estimate of drug-likeness (QED) is 0.462. The molecule has 1 N–H and O–H groups in total. The van der Waals surface area contributed by atoms with Crippen LogP contribution in [0.1, 0.15) is 56.3 Å². The molecule has 0 aromatic heterocycles. The van der Waals surface area contributed by atoms with E-state index >= 15 is 0 Å². The lowest BCUT2D eigenvalue weighted by atomic mass is 10.0. The van der Waals surface area contributed by atoms with E-state index in [2.05, 4.69) is 13.8 Å². The lowest BCUT2D eigenvalue weighted by Crippen LogP contribution is -2.06. The number of phenols is 1. The van der Waals surface area contributed by atoms with E-state index in [-0.39, 0.29) is 11.7 Å². The fourth-order valence-corrected chi connectivity index (χ4v) is 2.68. The van der Waals surface area contributed by atoms with Gasteiger partial charge in [-0.3, -0.25) is 0 Å². The van der Waals surface area contributed by atoms with Crippen molar-refractivity contribution in [1.82, 2.24) is 0 Å². The van der Waals surface area contributed by atoms with Crippen LogP contribution < -0.4 is 0 Å². The Labute approximate surface area is 150 Å². The van der Waals surface area contributed by atoms with Crippen LogP contribution >= 0.6 is 0 Å². The number of esters is 1. The SMILES string of the molecule is CCC(C)CCCCCOC(=O)c1ccc(-c2ccc(O)cc2)cc1. The number of carbonyl (C=O) groups is 1. The van der Waals surface area contributed by atoms with Gasteiger partial charge in [0.15, 0.2) is 0 Å². The van der Waals surface area contributed by atoms with Gasteiger partial charge in [-0.1, -0.05) is 63.8 Å². The normalized spacial score (nSPS) is 11.9. The van der Waals surface area contributed by atoms with Gasteiger partial charge >= 0.3 is 5.97 Å². The average molecular weight is 340 g/mol. The number of unbranched alkanes of at least 4 members (excludes halogenated alkanes) is 2. The van der Waals surface area contributed by atoms with Crippen LogP contribution in [0.2, 0.25) is 0 Å². The molecular weight excluding hydrogens is 312 g/mol. The molecule has 2 aromatic carbocycles. The van der Waals surface area contributed by atoms with Gasteiger partial charge in [-0.05, 0) is 47.7 Å². The molecule has 3 nitrogen and oxygen atoms in total. The van der Waals surface area contributed by atoms with Crippen molar-refractivity contribution in [3.63, 3.8) is 0 Å².